The average Bonchev–Trinajstić information content (AvgIpc) is 2.51. The fraction of sp³-hybridized carbons (Fsp3) is 0.333. The number of nitrogens with two attached hydrogens (primary N) is 1. The van der Waals surface area contributed by atoms with E-state index in [1.165, 1.54) is 0 Å². The Hall–Kier alpha value is -0.800. The third-order valence-electron chi connectivity index (χ3n) is 2.67. The van der Waals surface area contributed by atoms with Crippen LogP contribution in [0.3, 0.4) is 0 Å². The smallest absolute Gasteiger partial charge is 0.138 e. The van der Waals surface area contributed by atoms with Gasteiger partial charge in [-0.25, -0.2) is 0 Å². The van der Waals surface area contributed by atoms with E-state index < -0.39 is 0 Å². The van der Waals surface area contributed by atoms with E-state index in [4.69, 9.17) is 10.2 Å². The van der Waals surface area contributed by atoms with Crippen molar-refractivity contribution < 1.29 is 4.42 Å². The van der Waals surface area contributed by atoms with Crippen molar-refractivity contribution in [3.63, 3.8) is 0 Å². The summed E-state index contributed by atoms with van der Waals surface area (Å²) in [6, 6.07) is 4.02. The zero-order chi connectivity index (χ0) is 11.2. The summed E-state index contributed by atoms with van der Waals surface area (Å²) in [5.41, 5.74) is 9.09. The molecule has 3 heteroatoms. The van der Waals surface area contributed by atoms with Crippen LogP contribution in [0, 0.1) is 13.8 Å². The molecule has 0 aliphatic heterocycles. The lowest BCUT2D eigenvalue weighted by Crippen LogP contribution is -2.04. The van der Waals surface area contributed by atoms with E-state index in [0.29, 0.717) is 0 Å². The predicted molar refractivity (Wildman–Crippen MR) is 66.0 cm³/mol. The molecular formula is C12H14BrNO. The van der Waals surface area contributed by atoms with E-state index in [1.54, 1.807) is 0 Å². The van der Waals surface area contributed by atoms with Gasteiger partial charge in [0.2, 0.25) is 0 Å². The number of rotatable bonds is 1. The molecule has 2 rings (SSSR count). The molecule has 15 heavy (non-hydrogen) atoms. The third kappa shape index (κ3) is 1.60. The maximum absolute atomic E-state index is 5.87. The Morgan fingerprint density at radius 2 is 2.00 bits per heavy atom. The summed E-state index contributed by atoms with van der Waals surface area (Å²) >= 11 is 3.54. The average molecular weight is 268 g/mol. The van der Waals surface area contributed by atoms with Crippen molar-refractivity contribution in [2.75, 3.05) is 0 Å². The first-order valence-electron chi connectivity index (χ1n) is 4.96. The van der Waals surface area contributed by atoms with E-state index in [0.717, 1.165) is 32.3 Å². The standard InChI is InChI=1S/C12H14BrNO/c1-6-4-5-9(13)10-7(2)12(8(3)14)15-11(6)10/h4-5,8H,14H2,1-3H3. The molecule has 1 aromatic heterocycles. The molecule has 0 amide bonds. The third-order valence-corrected chi connectivity index (χ3v) is 3.33. The van der Waals surface area contributed by atoms with E-state index >= 15 is 0 Å². The monoisotopic (exact) mass is 267 g/mol. The minimum atomic E-state index is -0.0660. The molecule has 1 aromatic carbocycles. The van der Waals surface area contributed by atoms with Gasteiger partial charge >= 0.3 is 0 Å². The lowest BCUT2D eigenvalue weighted by Gasteiger charge is -2.00. The molecule has 2 N–H and O–H groups in total. The predicted octanol–water partition coefficient (Wildman–Crippen LogP) is 3.83. The van der Waals surface area contributed by atoms with Gasteiger partial charge in [0.1, 0.15) is 11.3 Å². The van der Waals surface area contributed by atoms with Crippen LogP contribution < -0.4 is 5.73 Å². The molecule has 0 bridgehead atoms. The van der Waals surface area contributed by atoms with Gasteiger partial charge in [-0.05, 0) is 32.4 Å². The molecule has 80 valence electrons. The molecule has 1 atom stereocenters. The summed E-state index contributed by atoms with van der Waals surface area (Å²) in [5.74, 6) is 0.875. The molecule has 2 aromatic rings. The molecular weight excluding hydrogens is 254 g/mol. The first-order chi connectivity index (χ1) is 7.02. The molecule has 1 unspecified atom stereocenters. The van der Waals surface area contributed by atoms with E-state index in [9.17, 15) is 0 Å². The zero-order valence-corrected chi connectivity index (χ0v) is 10.7. The highest BCUT2D eigenvalue weighted by Crippen LogP contribution is 2.35. The lowest BCUT2D eigenvalue weighted by molar-refractivity contribution is 0.508. The van der Waals surface area contributed by atoms with Crippen LogP contribution in [-0.4, -0.2) is 0 Å². The summed E-state index contributed by atoms with van der Waals surface area (Å²) in [5, 5.41) is 1.14. The van der Waals surface area contributed by atoms with Gasteiger partial charge in [-0.1, -0.05) is 22.0 Å². The molecule has 0 radical (unpaired) electrons. The molecule has 0 saturated heterocycles. The quantitative estimate of drug-likeness (QED) is 0.853. The van der Waals surface area contributed by atoms with Gasteiger partial charge in [0.05, 0.1) is 6.04 Å². The molecule has 0 fully saturated rings. The van der Waals surface area contributed by atoms with E-state index in [2.05, 4.69) is 22.9 Å². The second kappa shape index (κ2) is 3.65. The highest BCUT2D eigenvalue weighted by molar-refractivity contribution is 9.10. The summed E-state index contributed by atoms with van der Waals surface area (Å²) < 4.78 is 6.88. The van der Waals surface area contributed by atoms with Gasteiger partial charge in [-0.3, -0.25) is 0 Å². The fourth-order valence-electron chi connectivity index (χ4n) is 1.89. The number of benzene rings is 1. The SMILES string of the molecule is Cc1ccc(Br)c2c(C)c(C(C)N)oc12. The molecule has 0 spiro atoms. The maximum atomic E-state index is 5.87. The Kier molecular flexibility index (Phi) is 2.61. The maximum Gasteiger partial charge on any atom is 0.138 e. The fourth-order valence-corrected chi connectivity index (χ4v) is 2.50. The Balaban J connectivity index is 2.87. The Labute approximate surface area is 97.6 Å². The summed E-state index contributed by atoms with van der Waals surface area (Å²) in [4.78, 5) is 0. The first-order valence-corrected chi connectivity index (χ1v) is 5.75. The van der Waals surface area contributed by atoms with Crippen LogP contribution in [0.25, 0.3) is 11.0 Å². The molecule has 0 saturated carbocycles. The van der Waals surface area contributed by atoms with Crippen molar-refractivity contribution in [3.05, 3.63) is 33.5 Å². The van der Waals surface area contributed by atoms with Crippen LogP contribution in [-0.2, 0) is 0 Å². The van der Waals surface area contributed by atoms with E-state index in [1.807, 2.05) is 26.0 Å². The molecule has 0 aliphatic carbocycles. The van der Waals surface area contributed by atoms with Gasteiger partial charge in [-0.2, -0.15) is 0 Å². The highest BCUT2D eigenvalue weighted by Gasteiger charge is 2.16. The molecule has 0 aliphatic rings. The van der Waals surface area contributed by atoms with Crippen LogP contribution in [0.5, 0.6) is 0 Å². The Bertz CT molecular complexity index is 514. The second-order valence-corrected chi connectivity index (χ2v) is 4.80. The van der Waals surface area contributed by atoms with Gasteiger partial charge in [0.25, 0.3) is 0 Å². The number of hydrogen-bond donors (Lipinski definition) is 1. The number of aryl methyl sites for hydroxylation is 2. The van der Waals surface area contributed by atoms with Crippen molar-refractivity contribution >= 4 is 26.9 Å². The summed E-state index contributed by atoms with van der Waals surface area (Å²) in [6.07, 6.45) is 0. The number of furan rings is 1. The largest absolute Gasteiger partial charge is 0.459 e. The lowest BCUT2D eigenvalue weighted by atomic mass is 10.1. The van der Waals surface area contributed by atoms with Gasteiger partial charge in [-0.15, -0.1) is 0 Å². The van der Waals surface area contributed by atoms with Crippen LogP contribution in [0.1, 0.15) is 29.9 Å². The Morgan fingerprint density at radius 1 is 1.33 bits per heavy atom. The first kappa shape index (κ1) is 10.7. The number of halogens is 1. The van der Waals surface area contributed by atoms with Crippen molar-refractivity contribution in [1.82, 2.24) is 0 Å². The summed E-state index contributed by atoms with van der Waals surface area (Å²) in [6.45, 7) is 6.03. The van der Waals surface area contributed by atoms with Crippen LogP contribution >= 0.6 is 15.9 Å². The van der Waals surface area contributed by atoms with Crippen molar-refractivity contribution in [3.8, 4) is 0 Å². The highest BCUT2D eigenvalue weighted by atomic mass is 79.9. The van der Waals surface area contributed by atoms with Crippen LogP contribution in [0.15, 0.2) is 21.0 Å². The zero-order valence-electron chi connectivity index (χ0n) is 9.10. The second-order valence-electron chi connectivity index (χ2n) is 3.95. The minimum absolute atomic E-state index is 0.0660. The number of hydrogen-bond acceptors (Lipinski definition) is 2. The van der Waals surface area contributed by atoms with E-state index in [-0.39, 0.29) is 6.04 Å². The Morgan fingerprint density at radius 3 is 2.53 bits per heavy atom. The van der Waals surface area contributed by atoms with Gasteiger partial charge in [0, 0.05) is 15.4 Å². The molecule has 1 heterocycles. The summed E-state index contributed by atoms with van der Waals surface area (Å²) in [7, 11) is 0. The van der Waals surface area contributed by atoms with Crippen molar-refractivity contribution in [2.24, 2.45) is 5.73 Å². The van der Waals surface area contributed by atoms with Gasteiger partial charge < -0.3 is 10.2 Å². The topological polar surface area (TPSA) is 39.2 Å². The van der Waals surface area contributed by atoms with Crippen LogP contribution in [0.2, 0.25) is 0 Å². The number of fused-ring (bicyclic) bond motifs is 1. The van der Waals surface area contributed by atoms with Crippen molar-refractivity contribution in [1.29, 1.82) is 0 Å². The van der Waals surface area contributed by atoms with Crippen molar-refractivity contribution in [2.45, 2.75) is 26.8 Å². The van der Waals surface area contributed by atoms with Gasteiger partial charge in [0.15, 0.2) is 0 Å². The van der Waals surface area contributed by atoms with Crippen LogP contribution in [0.4, 0.5) is 0 Å². The molecule has 2 nitrogen and oxygen atoms in total. The minimum Gasteiger partial charge on any atom is -0.459 e. The normalized spacial score (nSPS) is 13.4.